The highest BCUT2D eigenvalue weighted by atomic mass is 35.5. The summed E-state index contributed by atoms with van der Waals surface area (Å²) >= 11 is 12.1. The number of hydrogen-bond donors (Lipinski definition) is 2. The molecular weight excluding hydrogens is 427 g/mol. The van der Waals surface area contributed by atoms with Crippen molar-refractivity contribution in [1.29, 1.82) is 0 Å². The number of hydrogen-bond acceptors (Lipinski definition) is 4. The Hall–Kier alpha value is -2.83. The fraction of sp³-hybridized carbons (Fsp3) is 0.227. The van der Waals surface area contributed by atoms with Gasteiger partial charge in [-0.25, -0.2) is 4.98 Å². The fourth-order valence-corrected chi connectivity index (χ4v) is 3.59. The molecule has 1 aromatic carbocycles. The highest BCUT2D eigenvalue weighted by Gasteiger charge is 2.35. The van der Waals surface area contributed by atoms with Gasteiger partial charge in [-0.3, -0.25) is 9.59 Å². The van der Waals surface area contributed by atoms with E-state index in [0.29, 0.717) is 17.2 Å². The predicted molar refractivity (Wildman–Crippen MR) is 115 cm³/mol. The number of pyridine rings is 1. The Morgan fingerprint density at radius 3 is 2.67 bits per heavy atom. The van der Waals surface area contributed by atoms with Crippen molar-refractivity contribution in [2.75, 3.05) is 6.54 Å². The van der Waals surface area contributed by atoms with Crippen LogP contribution in [0.4, 0.5) is 0 Å². The van der Waals surface area contributed by atoms with E-state index in [-0.39, 0.29) is 29.4 Å². The third-order valence-electron chi connectivity index (χ3n) is 4.72. The number of carbonyl (C=O) groups is 2. The number of carboxylic acid groups (broad SMARTS) is 1. The Morgan fingerprint density at radius 1 is 1.20 bits per heavy atom. The number of amides is 1. The number of aromatic nitrogens is 1. The minimum Gasteiger partial charge on any atom is -0.481 e. The van der Waals surface area contributed by atoms with Crippen molar-refractivity contribution >= 4 is 35.1 Å². The Kier molecular flexibility index (Phi) is 6.80. The van der Waals surface area contributed by atoms with E-state index in [1.54, 1.807) is 42.5 Å². The molecule has 0 fully saturated rings. The van der Waals surface area contributed by atoms with Crippen LogP contribution in [-0.4, -0.2) is 28.5 Å². The second-order valence-corrected chi connectivity index (χ2v) is 7.90. The van der Waals surface area contributed by atoms with Gasteiger partial charge in [0.05, 0.1) is 10.4 Å². The van der Waals surface area contributed by atoms with Crippen LogP contribution in [0.1, 0.15) is 28.8 Å². The molecule has 6 nitrogen and oxygen atoms in total. The normalized spacial score (nSPS) is 17.6. The summed E-state index contributed by atoms with van der Waals surface area (Å²) in [6.45, 7) is 2.03. The van der Waals surface area contributed by atoms with E-state index >= 15 is 0 Å². The number of rotatable bonds is 7. The Balaban J connectivity index is 1.74. The van der Waals surface area contributed by atoms with Crippen LogP contribution in [0.15, 0.2) is 54.8 Å². The number of allylic oxidation sites excluding steroid dienone is 3. The van der Waals surface area contributed by atoms with Crippen molar-refractivity contribution < 1.29 is 19.4 Å². The average Bonchev–Trinajstić information content (AvgIpc) is 2.69. The molecule has 1 aliphatic rings. The largest absolute Gasteiger partial charge is 0.481 e. The molecule has 0 bridgehead atoms. The quantitative estimate of drug-likeness (QED) is 0.610. The van der Waals surface area contributed by atoms with Crippen molar-refractivity contribution in [3.05, 3.63) is 75.9 Å². The van der Waals surface area contributed by atoms with Gasteiger partial charge in [-0.2, -0.15) is 0 Å². The number of halogens is 2. The van der Waals surface area contributed by atoms with Crippen molar-refractivity contribution in [2.45, 2.75) is 19.8 Å². The van der Waals surface area contributed by atoms with Gasteiger partial charge < -0.3 is 15.2 Å². The van der Waals surface area contributed by atoms with Gasteiger partial charge in [-0.15, -0.1) is 0 Å². The summed E-state index contributed by atoms with van der Waals surface area (Å²) in [5.74, 6) is -0.878. The molecule has 2 aromatic rings. The maximum absolute atomic E-state index is 12.8. The van der Waals surface area contributed by atoms with Gasteiger partial charge in [-0.05, 0) is 49.6 Å². The summed E-state index contributed by atoms with van der Waals surface area (Å²) in [5, 5.41) is 13.1. The number of nitrogens with zero attached hydrogens (tertiary/aromatic N) is 1. The van der Waals surface area contributed by atoms with E-state index in [1.807, 2.05) is 6.92 Å². The molecular formula is C22H20Cl2N2O4. The molecule has 1 unspecified atom stereocenters. The highest BCUT2D eigenvalue weighted by molar-refractivity contribution is 6.31. The van der Waals surface area contributed by atoms with Gasteiger partial charge in [-0.1, -0.05) is 47.5 Å². The zero-order chi connectivity index (χ0) is 21.7. The lowest BCUT2D eigenvalue weighted by Crippen LogP contribution is -2.35. The molecule has 156 valence electrons. The van der Waals surface area contributed by atoms with Gasteiger partial charge in [0.2, 0.25) is 5.88 Å². The zero-order valence-corrected chi connectivity index (χ0v) is 17.7. The van der Waals surface area contributed by atoms with E-state index in [1.165, 1.54) is 12.3 Å². The molecule has 1 atom stereocenters. The third kappa shape index (κ3) is 5.20. The Morgan fingerprint density at radius 2 is 2.00 bits per heavy atom. The first-order chi connectivity index (χ1) is 14.3. The minimum atomic E-state index is -1.04. The van der Waals surface area contributed by atoms with E-state index in [4.69, 9.17) is 27.9 Å². The van der Waals surface area contributed by atoms with Crippen LogP contribution in [0.5, 0.6) is 11.6 Å². The summed E-state index contributed by atoms with van der Waals surface area (Å²) in [6, 6.07) is 6.62. The molecule has 1 aliphatic carbocycles. The van der Waals surface area contributed by atoms with Crippen LogP contribution in [0, 0.1) is 12.3 Å². The lowest BCUT2D eigenvalue weighted by Gasteiger charge is -2.26. The molecule has 1 amide bonds. The summed E-state index contributed by atoms with van der Waals surface area (Å²) in [4.78, 5) is 28.6. The molecule has 2 N–H and O–H groups in total. The number of carbonyl (C=O) groups excluding carboxylic acids is 1. The van der Waals surface area contributed by atoms with Crippen molar-refractivity contribution in [3.63, 3.8) is 0 Å². The Bertz CT molecular complexity index is 1020. The first-order valence-electron chi connectivity index (χ1n) is 9.26. The van der Waals surface area contributed by atoms with Crippen LogP contribution >= 0.6 is 23.2 Å². The standard InChI is InChI=1S/C22H20Cl2N2O4/c1-14-9-15(23)11-17(10-14)30-20-18(12-16(24)13-26-20)19(27)25-8-7-22(21(28)29)5-3-2-4-6-22/h2-5,9-13H,6-8H2,1H3,(H,25,27)(H,28,29). The highest BCUT2D eigenvalue weighted by Crippen LogP contribution is 2.32. The van der Waals surface area contributed by atoms with Gasteiger partial charge in [0.25, 0.3) is 5.91 Å². The average molecular weight is 447 g/mol. The fourth-order valence-electron chi connectivity index (χ4n) is 3.15. The van der Waals surface area contributed by atoms with E-state index < -0.39 is 17.3 Å². The summed E-state index contributed by atoms with van der Waals surface area (Å²) < 4.78 is 5.77. The maximum atomic E-state index is 12.8. The van der Waals surface area contributed by atoms with Crippen LogP contribution in [0.3, 0.4) is 0 Å². The van der Waals surface area contributed by atoms with Crippen LogP contribution < -0.4 is 10.1 Å². The molecule has 1 aromatic heterocycles. The van der Waals surface area contributed by atoms with Gasteiger partial charge in [0.1, 0.15) is 11.3 Å². The number of nitrogens with one attached hydrogen (secondary N) is 1. The molecule has 8 heteroatoms. The summed E-state index contributed by atoms with van der Waals surface area (Å²) in [6.07, 6.45) is 8.96. The molecule has 0 saturated carbocycles. The zero-order valence-electron chi connectivity index (χ0n) is 16.2. The summed E-state index contributed by atoms with van der Waals surface area (Å²) in [5.41, 5.74) is 0.00121. The van der Waals surface area contributed by atoms with Crippen molar-refractivity contribution in [2.24, 2.45) is 5.41 Å². The number of aryl methyl sites for hydroxylation is 1. The second kappa shape index (κ2) is 9.32. The van der Waals surface area contributed by atoms with Crippen molar-refractivity contribution in [1.82, 2.24) is 10.3 Å². The molecule has 1 heterocycles. The summed E-state index contributed by atoms with van der Waals surface area (Å²) in [7, 11) is 0. The van der Waals surface area contributed by atoms with E-state index in [0.717, 1.165) is 5.56 Å². The topological polar surface area (TPSA) is 88.5 Å². The van der Waals surface area contributed by atoms with Crippen LogP contribution in [-0.2, 0) is 4.79 Å². The number of benzene rings is 1. The third-order valence-corrected chi connectivity index (χ3v) is 5.14. The van der Waals surface area contributed by atoms with Gasteiger partial charge in [0.15, 0.2) is 0 Å². The molecule has 0 saturated heterocycles. The van der Waals surface area contributed by atoms with Gasteiger partial charge in [0, 0.05) is 17.8 Å². The molecule has 0 radical (unpaired) electrons. The van der Waals surface area contributed by atoms with Crippen LogP contribution in [0.2, 0.25) is 10.0 Å². The van der Waals surface area contributed by atoms with Crippen LogP contribution in [0.25, 0.3) is 0 Å². The molecule has 0 aliphatic heterocycles. The monoisotopic (exact) mass is 446 g/mol. The molecule has 0 spiro atoms. The second-order valence-electron chi connectivity index (χ2n) is 7.03. The van der Waals surface area contributed by atoms with E-state index in [2.05, 4.69) is 10.3 Å². The lowest BCUT2D eigenvalue weighted by molar-refractivity contribution is -0.146. The first kappa shape index (κ1) is 21.9. The van der Waals surface area contributed by atoms with Crippen molar-refractivity contribution in [3.8, 4) is 11.6 Å². The molecule has 30 heavy (non-hydrogen) atoms. The van der Waals surface area contributed by atoms with E-state index in [9.17, 15) is 14.7 Å². The minimum absolute atomic E-state index is 0.0759. The predicted octanol–water partition coefficient (Wildman–Crippen LogP) is 5.20. The molecule has 3 rings (SSSR count). The number of ether oxygens (including phenoxy) is 1. The lowest BCUT2D eigenvalue weighted by atomic mass is 9.79. The SMILES string of the molecule is Cc1cc(Cl)cc(Oc2ncc(Cl)cc2C(=O)NCCC2(C(=O)O)C=CC=CC2)c1. The Labute approximate surface area is 184 Å². The maximum Gasteiger partial charge on any atom is 0.313 e. The number of aliphatic carboxylic acids is 1. The smallest absolute Gasteiger partial charge is 0.313 e. The van der Waals surface area contributed by atoms with Gasteiger partial charge >= 0.3 is 5.97 Å². The number of carboxylic acids is 1. The first-order valence-corrected chi connectivity index (χ1v) is 10.0.